The van der Waals surface area contributed by atoms with Crippen molar-refractivity contribution in [2.75, 3.05) is 13.7 Å². The highest BCUT2D eigenvalue weighted by Crippen LogP contribution is 2.50. The molecule has 0 saturated heterocycles. The lowest BCUT2D eigenvalue weighted by molar-refractivity contribution is -0.670. The molecule has 0 saturated carbocycles. The van der Waals surface area contributed by atoms with Gasteiger partial charge >= 0.3 is 0 Å². The average Bonchev–Trinajstić information content (AvgIpc) is 2.86. The first-order valence-electron chi connectivity index (χ1n) is 11.6. The number of aromatic nitrogens is 1. The Labute approximate surface area is 194 Å². The zero-order valence-corrected chi connectivity index (χ0v) is 18.7. The summed E-state index contributed by atoms with van der Waals surface area (Å²) in [5, 5.41) is 1.15. The van der Waals surface area contributed by atoms with Crippen LogP contribution in [-0.4, -0.2) is 13.7 Å². The summed E-state index contributed by atoms with van der Waals surface area (Å²) in [5.41, 5.74) is 15.2. The fourth-order valence-corrected chi connectivity index (χ4v) is 5.55. The van der Waals surface area contributed by atoms with Gasteiger partial charge in [-0.3, -0.25) is 0 Å². The second-order valence-electron chi connectivity index (χ2n) is 8.85. The van der Waals surface area contributed by atoms with Crippen molar-refractivity contribution >= 4 is 17.0 Å². The number of ether oxygens (including phenoxy) is 1. The molecule has 3 nitrogen and oxygen atoms in total. The average molecular weight is 432 g/mol. The van der Waals surface area contributed by atoms with E-state index >= 15 is 0 Å². The Bertz CT molecular complexity index is 1410. The van der Waals surface area contributed by atoms with Gasteiger partial charge in [-0.1, -0.05) is 54.7 Å². The number of hydrogen-bond acceptors (Lipinski definition) is 2. The summed E-state index contributed by atoms with van der Waals surface area (Å²) in [7, 11) is 1.70. The molecule has 2 unspecified atom stereocenters. The van der Waals surface area contributed by atoms with Crippen LogP contribution in [0.4, 0.5) is 0 Å². The number of allylic oxidation sites excluding steroid dienone is 15. The van der Waals surface area contributed by atoms with E-state index in [-0.39, 0.29) is 0 Å². The largest absolute Gasteiger partial charge is 0.497 e. The van der Waals surface area contributed by atoms with Crippen molar-refractivity contribution in [1.29, 1.82) is 0 Å². The summed E-state index contributed by atoms with van der Waals surface area (Å²) in [6, 6.07) is 10.5. The summed E-state index contributed by atoms with van der Waals surface area (Å²) in [4.78, 5) is 0. The Kier molecular flexibility index (Phi) is 4.85. The Morgan fingerprint density at radius 3 is 2.55 bits per heavy atom. The van der Waals surface area contributed by atoms with E-state index in [0.717, 1.165) is 28.9 Å². The van der Waals surface area contributed by atoms with Gasteiger partial charge in [0.1, 0.15) is 5.75 Å². The van der Waals surface area contributed by atoms with Crippen LogP contribution in [0, 0.1) is 11.8 Å². The number of nitrogens with zero attached hydrogens (tertiary/aromatic N) is 1. The van der Waals surface area contributed by atoms with Crippen LogP contribution in [0.3, 0.4) is 0 Å². The third-order valence-electron chi connectivity index (χ3n) is 7.07. The van der Waals surface area contributed by atoms with Gasteiger partial charge in [0.15, 0.2) is 6.54 Å². The van der Waals surface area contributed by atoms with Crippen LogP contribution in [-0.2, 0) is 6.54 Å². The minimum absolute atomic E-state index is 0.399. The molecule has 0 bridgehead atoms. The molecule has 2 N–H and O–H groups in total. The maximum absolute atomic E-state index is 5.99. The van der Waals surface area contributed by atoms with Gasteiger partial charge in [-0.25, -0.2) is 0 Å². The van der Waals surface area contributed by atoms with Gasteiger partial charge in [-0.15, -0.1) is 0 Å². The maximum atomic E-state index is 5.99. The van der Waals surface area contributed by atoms with E-state index in [4.69, 9.17) is 10.5 Å². The Morgan fingerprint density at radius 2 is 1.73 bits per heavy atom. The number of fused-ring (bicyclic) bond motifs is 1. The standard InChI is InChI=1S/C30H27N2O/c1-33-26-14-15-28-23(19-26)11-13-25(32(28)17-16-31)12-10-22-18-24-6-2-4-20-8-9-21-5-3-7-27(22)30(21)29(20)24/h2-15,18-19,29-30H,16-17,31H2,1H3/q+1/b12-10+. The minimum atomic E-state index is 0.399. The van der Waals surface area contributed by atoms with Gasteiger partial charge in [0.25, 0.3) is 0 Å². The molecule has 4 aliphatic carbocycles. The molecule has 6 rings (SSSR count). The van der Waals surface area contributed by atoms with Crippen LogP contribution in [0.2, 0.25) is 0 Å². The van der Waals surface area contributed by atoms with Crippen molar-refractivity contribution in [3.8, 4) is 5.75 Å². The van der Waals surface area contributed by atoms with Crippen LogP contribution in [0.5, 0.6) is 5.75 Å². The molecule has 2 atom stereocenters. The predicted octanol–water partition coefficient (Wildman–Crippen LogP) is 5.14. The lowest BCUT2D eigenvalue weighted by Crippen LogP contribution is -2.41. The summed E-state index contributed by atoms with van der Waals surface area (Å²) in [5.74, 6) is 1.70. The van der Waals surface area contributed by atoms with Gasteiger partial charge in [-0.2, -0.15) is 4.57 Å². The molecule has 0 spiro atoms. The molecule has 0 amide bonds. The predicted molar refractivity (Wildman–Crippen MR) is 134 cm³/mol. The maximum Gasteiger partial charge on any atom is 0.213 e. The summed E-state index contributed by atoms with van der Waals surface area (Å²) in [6.45, 7) is 1.34. The Morgan fingerprint density at radius 1 is 0.909 bits per heavy atom. The number of hydrogen-bond donors (Lipinski definition) is 1. The number of pyridine rings is 1. The molecule has 0 radical (unpaired) electrons. The summed E-state index contributed by atoms with van der Waals surface area (Å²) < 4.78 is 7.70. The number of nitrogens with two attached hydrogens (primary N) is 1. The van der Waals surface area contributed by atoms with E-state index in [1.165, 1.54) is 27.9 Å². The van der Waals surface area contributed by atoms with Gasteiger partial charge in [0.05, 0.1) is 19.0 Å². The van der Waals surface area contributed by atoms with Crippen molar-refractivity contribution < 1.29 is 9.30 Å². The smallest absolute Gasteiger partial charge is 0.213 e. The zero-order chi connectivity index (χ0) is 22.4. The first kappa shape index (κ1) is 20.0. The second-order valence-corrected chi connectivity index (χ2v) is 8.85. The third-order valence-corrected chi connectivity index (χ3v) is 7.07. The molecule has 1 aromatic heterocycles. The van der Waals surface area contributed by atoms with Crippen molar-refractivity contribution in [3.63, 3.8) is 0 Å². The normalized spacial score (nSPS) is 22.4. The highest BCUT2D eigenvalue weighted by molar-refractivity contribution is 5.78. The zero-order valence-electron chi connectivity index (χ0n) is 18.7. The number of rotatable bonds is 5. The molecule has 0 fully saturated rings. The van der Waals surface area contributed by atoms with Crippen LogP contribution in [0.25, 0.3) is 17.0 Å². The molecule has 33 heavy (non-hydrogen) atoms. The van der Waals surface area contributed by atoms with E-state index in [0.29, 0.717) is 18.4 Å². The monoisotopic (exact) mass is 431 g/mol. The second kappa shape index (κ2) is 8.02. The number of benzene rings is 1. The van der Waals surface area contributed by atoms with Gasteiger partial charge in [0.2, 0.25) is 11.2 Å². The lowest BCUT2D eigenvalue weighted by Gasteiger charge is -2.41. The van der Waals surface area contributed by atoms with Crippen molar-refractivity contribution in [3.05, 3.63) is 125 Å². The lowest BCUT2D eigenvalue weighted by atomic mass is 9.62. The fraction of sp³-hybridized carbons (Fsp3) is 0.167. The molecule has 3 heteroatoms. The molecule has 2 aromatic rings. The topological polar surface area (TPSA) is 39.1 Å². The van der Waals surface area contributed by atoms with Crippen LogP contribution < -0.4 is 15.0 Å². The highest BCUT2D eigenvalue weighted by Gasteiger charge is 2.38. The molecule has 162 valence electrons. The van der Waals surface area contributed by atoms with Gasteiger partial charge in [-0.05, 0) is 52.1 Å². The van der Waals surface area contributed by atoms with E-state index in [9.17, 15) is 0 Å². The molecule has 0 aliphatic heterocycles. The molecular weight excluding hydrogens is 404 g/mol. The van der Waals surface area contributed by atoms with Crippen LogP contribution in [0.15, 0.2) is 119 Å². The third kappa shape index (κ3) is 3.28. The minimum Gasteiger partial charge on any atom is -0.497 e. The molecule has 1 heterocycles. The van der Waals surface area contributed by atoms with Crippen LogP contribution >= 0.6 is 0 Å². The first-order valence-corrected chi connectivity index (χ1v) is 11.6. The SMILES string of the molecule is COc1ccc2c(ccc(/C=C/C3=CC4=CC=CC5=CC=C6C=CC=C3C6C54)[n+]2CCN)c1. The van der Waals surface area contributed by atoms with E-state index in [2.05, 4.69) is 95.7 Å². The fourth-order valence-electron chi connectivity index (χ4n) is 5.55. The van der Waals surface area contributed by atoms with Gasteiger partial charge in [0, 0.05) is 30.0 Å². The van der Waals surface area contributed by atoms with Crippen molar-refractivity contribution in [2.24, 2.45) is 17.6 Å². The van der Waals surface area contributed by atoms with Crippen molar-refractivity contribution in [1.82, 2.24) is 0 Å². The highest BCUT2D eigenvalue weighted by atomic mass is 16.5. The first-order chi connectivity index (χ1) is 16.3. The van der Waals surface area contributed by atoms with Crippen molar-refractivity contribution in [2.45, 2.75) is 6.54 Å². The van der Waals surface area contributed by atoms with E-state index in [1.807, 2.05) is 6.07 Å². The van der Waals surface area contributed by atoms with E-state index in [1.54, 1.807) is 7.11 Å². The summed E-state index contributed by atoms with van der Waals surface area (Å²) >= 11 is 0. The quantitative estimate of drug-likeness (QED) is 0.666. The summed E-state index contributed by atoms with van der Waals surface area (Å²) in [6.07, 6.45) is 24.9. The molecular formula is C30H27N2O+. The Hall–Kier alpha value is -3.69. The van der Waals surface area contributed by atoms with Gasteiger partial charge < -0.3 is 10.5 Å². The van der Waals surface area contributed by atoms with Crippen LogP contribution in [0.1, 0.15) is 5.69 Å². The number of methoxy groups -OCH3 is 1. The molecule has 4 aliphatic rings. The molecule has 1 aromatic carbocycles. The van der Waals surface area contributed by atoms with E-state index < -0.39 is 0 Å². The Balaban J connectivity index is 1.44.